The minimum absolute atomic E-state index is 0.419. The van der Waals surface area contributed by atoms with Crippen LogP contribution >= 0.6 is 0 Å². The number of nitrogens with one attached hydrogen (secondary N) is 1. The quantitative estimate of drug-likeness (QED) is 0.858. The monoisotopic (exact) mass is 288 g/mol. The fourth-order valence-electron chi connectivity index (χ4n) is 3.22. The van der Waals surface area contributed by atoms with E-state index in [-0.39, 0.29) is 0 Å². The molecule has 0 aliphatic carbocycles. The summed E-state index contributed by atoms with van der Waals surface area (Å²) in [6.45, 7) is 12.9. The van der Waals surface area contributed by atoms with Crippen LogP contribution in [0.5, 0.6) is 0 Å². The fraction of sp³-hybridized carbons (Fsp3) is 0.684. The molecule has 0 amide bonds. The van der Waals surface area contributed by atoms with Gasteiger partial charge in [0, 0.05) is 31.7 Å². The van der Waals surface area contributed by atoms with Crippen molar-refractivity contribution >= 4 is 0 Å². The van der Waals surface area contributed by atoms with E-state index in [2.05, 4.69) is 68.2 Å². The van der Waals surface area contributed by atoms with Crippen molar-refractivity contribution < 1.29 is 0 Å². The number of nitrogens with zero attached hydrogens (tertiary/aromatic N) is 1. The molecule has 1 heterocycles. The van der Waals surface area contributed by atoms with Crippen molar-refractivity contribution in [3.05, 3.63) is 35.9 Å². The SMILES string of the molecule is CCC1CNC(Cc2ccccc2)CN1CC(C)(C)CC. The topological polar surface area (TPSA) is 15.3 Å². The Morgan fingerprint density at radius 2 is 1.90 bits per heavy atom. The van der Waals surface area contributed by atoms with Crippen LogP contribution in [-0.4, -0.2) is 36.6 Å². The predicted octanol–water partition coefficient (Wildman–Crippen LogP) is 3.72. The Labute approximate surface area is 130 Å². The van der Waals surface area contributed by atoms with Crippen LogP contribution in [-0.2, 0) is 6.42 Å². The first kappa shape index (κ1) is 16.5. The molecule has 2 atom stereocenters. The van der Waals surface area contributed by atoms with Crippen LogP contribution in [0.15, 0.2) is 30.3 Å². The van der Waals surface area contributed by atoms with Gasteiger partial charge in [-0.15, -0.1) is 0 Å². The van der Waals surface area contributed by atoms with Gasteiger partial charge in [-0.25, -0.2) is 0 Å². The van der Waals surface area contributed by atoms with Gasteiger partial charge >= 0.3 is 0 Å². The molecule has 1 fully saturated rings. The summed E-state index contributed by atoms with van der Waals surface area (Å²) in [5.41, 5.74) is 1.86. The highest BCUT2D eigenvalue weighted by Gasteiger charge is 2.30. The normalized spacial score (nSPS) is 24.2. The van der Waals surface area contributed by atoms with Crippen molar-refractivity contribution in [1.82, 2.24) is 10.2 Å². The van der Waals surface area contributed by atoms with Crippen molar-refractivity contribution in [3.63, 3.8) is 0 Å². The second-order valence-corrected chi connectivity index (χ2v) is 7.30. The molecule has 1 aliphatic heterocycles. The van der Waals surface area contributed by atoms with Gasteiger partial charge in [0.05, 0.1) is 0 Å². The Bertz CT molecular complexity index is 413. The summed E-state index contributed by atoms with van der Waals surface area (Å²) in [5, 5.41) is 3.76. The van der Waals surface area contributed by atoms with Crippen molar-refractivity contribution in [1.29, 1.82) is 0 Å². The summed E-state index contributed by atoms with van der Waals surface area (Å²) >= 11 is 0. The van der Waals surface area contributed by atoms with Crippen LogP contribution in [0.4, 0.5) is 0 Å². The molecule has 1 N–H and O–H groups in total. The van der Waals surface area contributed by atoms with Gasteiger partial charge < -0.3 is 5.32 Å². The van der Waals surface area contributed by atoms with Crippen molar-refractivity contribution in [2.75, 3.05) is 19.6 Å². The summed E-state index contributed by atoms with van der Waals surface area (Å²) in [7, 11) is 0. The molecule has 2 heteroatoms. The van der Waals surface area contributed by atoms with E-state index >= 15 is 0 Å². The number of benzene rings is 1. The average Bonchev–Trinajstić information content (AvgIpc) is 2.48. The van der Waals surface area contributed by atoms with Crippen LogP contribution in [0.1, 0.15) is 46.1 Å². The van der Waals surface area contributed by atoms with E-state index in [0.717, 1.165) is 13.0 Å². The lowest BCUT2D eigenvalue weighted by molar-refractivity contribution is 0.0800. The van der Waals surface area contributed by atoms with Crippen LogP contribution in [0.3, 0.4) is 0 Å². The van der Waals surface area contributed by atoms with Crippen molar-refractivity contribution in [2.24, 2.45) is 5.41 Å². The first-order valence-electron chi connectivity index (χ1n) is 8.55. The molecular formula is C19H32N2. The van der Waals surface area contributed by atoms with Gasteiger partial charge in [0.1, 0.15) is 0 Å². The Morgan fingerprint density at radius 1 is 1.19 bits per heavy atom. The Morgan fingerprint density at radius 3 is 2.52 bits per heavy atom. The number of hydrogen-bond acceptors (Lipinski definition) is 2. The first-order chi connectivity index (χ1) is 10.0. The molecule has 0 saturated carbocycles. The largest absolute Gasteiger partial charge is 0.311 e. The third-order valence-corrected chi connectivity index (χ3v) is 5.00. The van der Waals surface area contributed by atoms with Gasteiger partial charge in [-0.1, -0.05) is 58.0 Å². The Balaban J connectivity index is 1.98. The summed E-state index contributed by atoms with van der Waals surface area (Å²) in [5.74, 6) is 0. The lowest BCUT2D eigenvalue weighted by Crippen LogP contribution is -2.58. The molecule has 2 unspecified atom stereocenters. The molecule has 1 saturated heterocycles. The van der Waals surface area contributed by atoms with E-state index in [4.69, 9.17) is 0 Å². The highest BCUT2D eigenvalue weighted by atomic mass is 15.2. The van der Waals surface area contributed by atoms with Crippen LogP contribution in [0.2, 0.25) is 0 Å². The zero-order valence-electron chi connectivity index (χ0n) is 14.2. The van der Waals surface area contributed by atoms with Crippen molar-refractivity contribution in [3.8, 4) is 0 Å². The van der Waals surface area contributed by atoms with E-state index in [0.29, 0.717) is 17.5 Å². The molecular weight excluding hydrogens is 256 g/mol. The Kier molecular flexibility index (Phi) is 5.83. The van der Waals surface area contributed by atoms with Gasteiger partial charge in [0.15, 0.2) is 0 Å². The summed E-state index contributed by atoms with van der Waals surface area (Å²) < 4.78 is 0. The molecule has 0 radical (unpaired) electrons. The van der Waals surface area contributed by atoms with E-state index in [1.165, 1.54) is 31.5 Å². The molecule has 21 heavy (non-hydrogen) atoms. The highest BCUT2D eigenvalue weighted by Crippen LogP contribution is 2.24. The van der Waals surface area contributed by atoms with Crippen LogP contribution < -0.4 is 5.32 Å². The third kappa shape index (κ3) is 4.82. The summed E-state index contributed by atoms with van der Waals surface area (Å²) in [6, 6.07) is 12.2. The minimum atomic E-state index is 0.419. The Hall–Kier alpha value is -0.860. The van der Waals surface area contributed by atoms with E-state index in [9.17, 15) is 0 Å². The third-order valence-electron chi connectivity index (χ3n) is 5.00. The lowest BCUT2D eigenvalue weighted by atomic mass is 9.88. The molecule has 1 aromatic carbocycles. The van der Waals surface area contributed by atoms with Gasteiger partial charge in [-0.05, 0) is 30.2 Å². The van der Waals surface area contributed by atoms with E-state index in [1.54, 1.807) is 0 Å². The van der Waals surface area contributed by atoms with Crippen LogP contribution in [0, 0.1) is 5.41 Å². The second-order valence-electron chi connectivity index (χ2n) is 7.30. The molecule has 0 aromatic heterocycles. The summed E-state index contributed by atoms with van der Waals surface area (Å²) in [6.07, 6.45) is 3.63. The molecule has 0 spiro atoms. The van der Waals surface area contributed by atoms with Gasteiger partial charge in [0.2, 0.25) is 0 Å². The molecule has 2 nitrogen and oxygen atoms in total. The maximum Gasteiger partial charge on any atom is 0.0236 e. The number of hydrogen-bond donors (Lipinski definition) is 1. The molecule has 118 valence electrons. The zero-order chi connectivity index (χ0) is 15.3. The molecule has 1 aliphatic rings. The van der Waals surface area contributed by atoms with Gasteiger partial charge in [-0.2, -0.15) is 0 Å². The second kappa shape index (κ2) is 7.42. The predicted molar refractivity (Wildman–Crippen MR) is 91.7 cm³/mol. The lowest BCUT2D eigenvalue weighted by Gasteiger charge is -2.43. The van der Waals surface area contributed by atoms with Gasteiger partial charge in [-0.3, -0.25) is 4.90 Å². The van der Waals surface area contributed by atoms with E-state index in [1.807, 2.05) is 0 Å². The maximum atomic E-state index is 3.76. The smallest absolute Gasteiger partial charge is 0.0236 e. The zero-order valence-corrected chi connectivity index (χ0v) is 14.2. The molecule has 2 rings (SSSR count). The van der Waals surface area contributed by atoms with Gasteiger partial charge in [0.25, 0.3) is 0 Å². The number of piperazine rings is 1. The average molecular weight is 288 g/mol. The molecule has 0 bridgehead atoms. The van der Waals surface area contributed by atoms with Crippen LogP contribution in [0.25, 0.3) is 0 Å². The minimum Gasteiger partial charge on any atom is -0.311 e. The maximum absolute atomic E-state index is 3.76. The summed E-state index contributed by atoms with van der Waals surface area (Å²) in [4.78, 5) is 2.73. The van der Waals surface area contributed by atoms with Crippen molar-refractivity contribution in [2.45, 2.75) is 59.0 Å². The van der Waals surface area contributed by atoms with E-state index < -0.39 is 0 Å². The fourth-order valence-corrected chi connectivity index (χ4v) is 3.22. The first-order valence-corrected chi connectivity index (χ1v) is 8.55. The standard InChI is InChI=1S/C19H32N2/c1-5-18-13-20-17(12-16-10-8-7-9-11-16)14-21(18)15-19(3,4)6-2/h7-11,17-18,20H,5-6,12-15H2,1-4H3. The molecule has 1 aromatic rings. The number of rotatable bonds is 6. The highest BCUT2D eigenvalue weighted by molar-refractivity contribution is 5.16.